The van der Waals surface area contributed by atoms with E-state index in [0.717, 1.165) is 21.5 Å². The Hall–Kier alpha value is -4.18. The van der Waals surface area contributed by atoms with Crippen molar-refractivity contribution in [1.29, 1.82) is 0 Å². The number of hydrogen-bond acceptors (Lipinski definition) is 6. The molecule has 4 rings (SSSR count). The summed E-state index contributed by atoms with van der Waals surface area (Å²) in [6.07, 6.45) is 0. The molecule has 186 valence electrons. The molecule has 2 aromatic heterocycles. The van der Waals surface area contributed by atoms with Gasteiger partial charge in [0, 0.05) is 25.8 Å². The molecule has 4 aromatic rings. The van der Waals surface area contributed by atoms with Gasteiger partial charge in [-0.05, 0) is 49.2 Å². The van der Waals surface area contributed by atoms with Crippen LogP contribution >= 0.6 is 11.3 Å². The zero-order valence-corrected chi connectivity index (χ0v) is 21.4. The number of carbonyl (C=O) groups is 2. The Morgan fingerprint density at radius 3 is 2.44 bits per heavy atom. The van der Waals surface area contributed by atoms with Crippen molar-refractivity contribution >= 4 is 39.1 Å². The third kappa shape index (κ3) is 4.55. The number of anilines is 1. The van der Waals surface area contributed by atoms with E-state index in [1.165, 1.54) is 16.6 Å². The molecule has 0 aliphatic carbocycles. The zero-order chi connectivity index (χ0) is 26.1. The lowest BCUT2D eigenvalue weighted by molar-refractivity contribution is -0.116. The molecule has 0 aliphatic rings. The van der Waals surface area contributed by atoms with Crippen molar-refractivity contribution in [2.45, 2.75) is 20.4 Å². The van der Waals surface area contributed by atoms with Gasteiger partial charge in [0.15, 0.2) is 0 Å². The predicted molar refractivity (Wildman–Crippen MR) is 141 cm³/mol. The Morgan fingerprint density at radius 2 is 1.78 bits per heavy atom. The number of amides is 2. The van der Waals surface area contributed by atoms with Crippen LogP contribution in [0.15, 0.2) is 58.1 Å². The molecule has 2 heterocycles. The average Bonchev–Trinajstić information content (AvgIpc) is 3.18. The highest BCUT2D eigenvalue weighted by Crippen LogP contribution is 2.29. The largest absolute Gasteiger partial charge is 0.497 e. The molecule has 36 heavy (non-hydrogen) atoms. The van der Waals surface area contributed by atoms with Crippen molar-refractivity contribution in [3.63, 3.8) is 0 Å². The van der Waals surface area contributed by atoms with Gasteiger partial charge in [0.1, 0.15) is 17.1 Å². The van der Waals surface area contributed by atoms with Crippen molar-refractivity contribution in [2.75, 3.05) is 26.5 Å². The first-order valence-electron chi connectivity index (χ1n) is 11.1. The number of carbonyl (C=O) groups excluding carboxylic acids is 2. The fraction of sp³-hybridized carbons (Fsp3) is 0.231. The number of methoxy groups -OCH3 is 1. The first kappa shape index (κ1) is 24.9. The fourth-order valence-corrected chi connectivity index (χ4v) is 5.25. The number of hydrogen-bond donors (Lipinski definition) is 1. The van der Waals surface area contributed by atoms with Gasteiger partial charge in [0.2, 0.25) is 5.91 Å². The number of fused-ring (bicyclic) bond motifs is 1. The molecule has 0 unspecified atom stereocenters. The topological polar surface area (TPSA) is 103 Å². The Bertz CT molecular complexity index is 1610. The molecular weight excluding hydrogens is 480 g/mol. The van der Waals surface area contributed by atoms with Gasteiger partial charge in [-0.25, -0.2) is 9.36 Å². The number of nitrogens with zero attached hydrogens (tertiary/aromatic N) is 3. The first-order chi connectivity index (χ1) is 17.1. The Kier molecular flexibility index (Phi) is 6.80. The molecule has 0 aliphatic heterocycles. The molecule has 0 radical (unpaired) electrons. The van der Waals surface area contributed by atoms with E-state index in [9.17, 15) is 19.2 Å². The van der Waals surface area contributed by atoms with Crippen LogP contribution in [0, 0.1) is 13.8 Å². The van der Waals surface area contributed by atoms with Gasteiger partial charge in [0.05, 0.1) is 23.1 Å². The van der Waals surface area contributed by atoms with Gasteiger partial charge < -0.3 is 15.0 Å². The van der Waals surface area contributed by atoms with Crippen molar-refractivity contribution in [1.82, 2.24) is 14.0 Å². The highest BCUT2D eigenvalue weighted by molar-refractivity contribution is 7.20. The van der Waals surface area contributed by atoms with Crippen LogP contribution in [-0.2, 0) is 11.3 Å². The summed E-state index contributed by atoms with van der Waals surface area (Å²) < 4.78 is 7.51. The van der Waals surface area contributed by atoms with Gasteiger partial charge in [-0.1, -0.05) is 18.2 Å². The van der Waals surface area contributed by atoms with E-state index < -0.39 is 17.2 Å². The maximum Gasteiger partial charge on any atom is 0.337 e. The number of benzene rings is 2. The van der Waals surface area contributed by atoms with Crippen LogP contribution < -0.4 is 21.3 Å². The van der Waals surface area contributed by atoms with Gasteiger partial charge >= 0.3 is 5.69 Å². The van der Waals surface area contributed by atoms with Crippen LogP contribution in [0.1, 0.15) is 20.8 Å². The summed E-state index contributed by atoms with van der Waals surface area (Å²) in [4.78, 5) is 55.2. The molecule has 0 spiro atoms. The van der Waals surface area contributed by atoms with E-state index in [1.807, 2.05) is 25.1 Å². The SMILES string of the molecule is COc1cccc(-n2c(=O)c3c(C)c(C(=O)N(C)C)sc3n(CC(=O)Nc3cccc(C)c3)c2=O)c1. The van der Waals surface area contributed by atoms with E-state index in [2.05, 4.69) is 5.32 Å². The van der Waals surface area contributed by atoms with Gasteiger partial charge in [-0.15, -0.1) is 11.3 Å². The molecule has 0 saturated heterocycles. The van der Waals surface area contributed by atoms with Gasteiger partial charge in [-0.2, -0.15) is 0 Å². The predicted octanol–water partition coefficient (Wildman–Crippen LogP) is 3.18. The first-order valence-corrected chi connectivity index (χ1v) is 12.0. The van der Waals surface area contributed by atoms with E-state index in [-0.39, 0.29) is 22.7 Å². The molecule has 0 atom stereocenters. The Morgan fingerprint density at radius 1 is 1.06 bits per heavy atom. The summed E-state index contributed by atoms with van der Waals surface area (Å²) >= 11 is 1.03. The van der Waals surface area contributed by atoms with Crippen molar-refractivity contribution in [3.05, 3.63) is 85.4 Å². The molecule has 10 heteroatoms. The average molecular weight is 507 g/mol. The van der Waals surface area contributed by atoms with Crippen LogP contribution in [0.25, 0.3) is 15.9 Å². The molecule has 0 saturated carbocycles. The number of nitrogens with one attached hydrogen (secondary N) is 1. The lowest BCUT2D eigenvalue weighted by Gasteiger charge is -2.13. The molecule has 2 aromatic carbocycles. The second kappa shape index (κ2) is 9.82. The highest BCUT2D eigenvalue weighted by atomic mass is 32.1. The normalized spacial score (nSPS) is 10.9. The number of rotatable bonds is 6. The lowest BCUT2D eigenvalue weighted by atomic mass is 10.2. The van der Waals surface area contributed by atoms with E-state index in [4.69, 9.17) is 4.74 Å². The van der Waals surface area contributed by atoms with Crippen LogP contribution in [0.2, 0.25) is 0 Å². The second-order valence-electron chi connectivity index (χ2n) is 8.56. The number of aryl methyl sites for hydroxylation is 2. The summed E-state index contributed by atoms with van der Waals surface area (Å²) in [5.41, 5.74) is 1.07. The second-order valence-corrected chi connectivity index (χ2v) is 9.56. The van der Waals surface area contributed by atoms with Crippen LogP contribution in [0.4, 0.5) is 5.69 Å². The standard InChI is InChI=1S/C26H26N4O5S/c1-15-8-6-9-17(12-15)27-20(31)14-29-25-21(16(2)22(36-25)24(33)28(3)4)23(32)30(26(29)34)18-10-7-11-19(13-18)35-5/h6-13H,14H2,1-5H3,(H,27,31). The molecular formula is C26H26N4O5S. The quantitative estimate of drug-likeness (QED) is 0.433. The fourth-order valence-electron chi connectivity index (χ4n) is 3.94. The van der Waals surface area contributed by atoms with Crippen molar-refractivity contribution < 1.29 is 14.3 Å². The summed E-state index contributed by atoms with van der Waals surface area (Å²) in [7, 11) is 4.72. The molecule has 9 nitrogen and oxygen atoms in total. The molecule has 0 fully saturated rings. The molecule has 2 amide bonds. The van der Waals surface area contributed by atoms with E-state index in [0.29, 0.717) is 27.6 Å². The third-order valence-electron chi connectivity index (χ3n) is 5.73. The summed E-state index contributed by atoms with van der Waals surface area (Å²) in [6.45, 7) is 3.24. The van der Waals surface area contributed by atoms with E-state index >= 15 is 0 Å². The van der Waals surface area contributed by atoms with Crippen molar-refractivity contribution in [3.8, 4) is 11.4 Å². The molecule has 0 bridgehead atoms. The minimum Gasteiger partial charge on any atom is -0.497 e. The number of aromatic nitrogens is 2. The third-order valence-corrected chi connectivity index (χ3v) is 7.03. The van der Waals surface area contributed by atoms with Gasteiger partial charge in [-0.3, -0.25) is 19.0 Å². The number of thiophene rings is 1. The van der Waals surface area contributed by atoms with Gasteiger partial charge in [0.25, 0.3) is 11.5 Å². The van der Waals surface area contributed by atoms with Crippen LogP contribution in [-0.4, -0.2) is 47.1 Å². The Balaban J connectivity index is 1.94. The lowest BCUT2D eigenvalue weighted by Crippen LogP contribution is -2.40. The minimum absolute atomic E-state index is 0.218. The Labute approximate surface area is 211 Å². The highest BCUT2D eigenvalue weighted by Gasteiger charge is 2.25. The summed E-state index contributed by atoms with van der Waals surface area (Å²) in [5, 5.41) is 3.02. The zero-order valence-electron chi connectivity index (χ0n) is 20.6. The van der Waals surface area contributed by atoms with E-state index in [1.54, 1.807) is 51.4 Å². The number of ether oxygens (including phenoxy) is 1. The van der Waals surface area contributed by atoms with Crippen LogP contribution in [0.5, 0.6) is 5.75 Å². The summed E-state index contributed by atoms with van der Waals surface area (Å²) in [6, 6.07) is 13.8. The maximum absolute atomic E-state index is 13.7. The maximum atomic E-state index is 13.7. The summed E-state index contributed by atoms with van der Waals surface area (Å²) in [5.74, 6) is -0.260. The minimum atomic E-state index is -0.690. The monoisotopic (exact) mass is 506 g/mol. The van der Waals surface area contributed by atoms with Crippen molar-refractivity contribution in [2.24, 2.45) is 0 Å². The van der Waals surface area contributed by atoms with Crippen LogP contribution in [0.3, 0.4) is 0 Å². The molecule has 1 N–H and O–H groups in total. The smallest absolute Gasteiger partial charge is 0.337 e.